The molecule has 9 heteroatoms. The summed E-state index contributed by atoms with van der Waals surface area (Å²) >= 11 is 12.7. The number of ether oxygens (including phenoxy) is 1. The Morgan fingerprint density at radius 1 is 1.06 bits per heavy atom. The van der Waals surface area contributed by atoms with E-state index in [1.54, 1.807) is 12.1 Å². The largest absolute Gasteiger partial charge is 0.478 e. The number of aromatic carboxylic acids is 1. The first-order valence-electron chi connectivity index (χ1n) is 11.5. The van der Waals surface area contributed by atoms with E-state index in [0.29, 0.717) is 33.8 Å². The van der Waals surface area contributed by atoms with E-state index in [2.05, 4.69) is 5.16 Å². The van der Waals surface area contributed by atoms with Crippen molar-refractivity contribution in [3.8, 4) is 11.3 Å². The number of aliphatic hydroxyl groups is 1. The first-order chi connectivity index (χ1) is 16.8. The Morgan fingerprint density at radius 2 is 1.71 bits per heavy atom. The first kappa shape index (κ1) is 25.6. The van der Waals surface area contributed by atoms with Gasteiger partial charge in [-0.1, -0.05) is 40.5 Å². The van der Waals surface area contributed by atoms with Gasteiger partial charge in [-0.25, -0.2) is 9.18 Å². The van der Waals surface area contributed by atoms with Crippen LogP contribution >= 0.6 is 23.2 Å². The van der Waals surface area contributed by atoms with Gasteiger partial charge in [-0.05, 0) is 68.9 Å². The van der Waals surface area contributed by atoms with Gasteiger partial charge >= 0.3 is 5.97 Å². The van der Waals surface area contributed by atoms with Crippen molar-refractivity contribution < 1.29 is 28.7 Å². The molecular formula is C26H26Cl2FNO5. The Labute approximate surface area is 212 Å². The van der Waals surface area contributed by atoms with Gasteiger partial charge in [0.05, 0.1) is 34.4 Å². The molecule has 0 atom stereocenters. The molecule has 2 aliphatic carbocycles. The summed E-state index contributed by atoms with van der Waals surface area (Å²) in [6, 6.07) is 10.3. The number of hydrogen-bond donors (Lipinski definition) is 2. The Bertz CT molecular complexity index is 1150. The summed E-state index contributed by atoms with van der Waals surface area (Å²) < 4.78 is 24.1. The molecule has 1 aromatic heterocycles. The highest BCUT2D eigenvalue weighted by Gasteiger charge is 2.34. The predicted molar refractivity (Wildman–Crippen MR) is 130 cm³/mol. The van der Waals surface area contributed by atoms with Crippen molar-refractivity contribution in [3.05, 3.63) is 75.2 Å². The lowest BCUT2D eigenvalue weighted by molar-refractivity contribution is -0.0121. The molecule has 5 rings (SSSR count). The highest BCUT2D eigenvalue weighted by molar-refractivity contribution is 6.39. The van der Waals surface area contributed by atoms with E-state index >= 15 is 0 Å². The predicted octanol–water partition coefficient (Wildman–Crippen LogP) is 6.87. The molecule has 0 aliphatic heterocycles. The molecule has 6 nitrogen and oxygen atoms in total. The number of aliphatic hydroxyl groups excluding tert-OH is 1. The van der Waals surface area contributed by atoms with E-state index in [9.17, 15) is 14.3 Å². The molecule has 0 radical (unpaired) electrons. The standard InChI is InChI=1S/C19H21Cl2NO3.C7H5FO2/c20-15-2-1-3-16(21)17(15)18-14(19(25-22-18)11-4-5-11)10-24-13-8-6-12(23)7-9-13;8-6-3-1-2-5(4-6)7(9)10/h1-3,11-13,23H,4-10H2;1-4H,(H,9,10). The van der Waals surface area contributed by atoms with Crippen molar-refractivity contribution in [2.75, 3.05) is 0 Å². The third-order valence-corrected chi connectivity index (χ3v) is 6.77. The number of carbonyl (C=O) groups is 1. The van der Waals surface area contributed by atoms with Gasteiger partial charge in [0, 0.05) is 17.0 Å². The molecule has 2 aromatic carbocycles. The molecule has 0 saturated heterocycles. The van der Waals surface area contributed by atoms with Gasteiger partial charge in [-0.2, -0.15) is 0 Å². The van der Waals surface area contributed by atoms with E-state index in [-0.39, 0.29) is 17.8 Å². The zero-order valence-corrected chi connectivity index (χ0v) is 20.4. The van der Waals surface area contributed by atoms with Gasteiger partial charge in [0.25, 0.3) is 0 Å². The SMILES string of the molecule is O=C(O)c1cccc(F)c1.OC1CCC(OCc2c(-c3c(Cl)cccc3Cl)noc2C2CC2)CC1. The Morgan fingerprint density at radius 3 is 2.29 bits per heavy atom. The average molecular weight is 522 g/mol. The lowest BCUT2D eigenvalue weighted by Crippen LogP contribution is -2.24. The molecule has 0 spiro atoms. The van der Waals surface area contributed by atoms with E-state index in [0.717, 1.165) is 55.9 Å². The van der Waals surface area contributed by atoms with Crippen LogP contribution < -0.4 is 0 Å². The van der Waals surface area contributed by atoms with Crippen molar-refractivity contribution in [2.24, 2.45) is 0 Å². The maximum absolute atomic E-state index is 12.3. The molecule has 0 unspecified atom stereocenters. The summed E-state index contributed by atoms with van der Waals surface area (Å²) in [6.07, 6.45) is 5.58. The minimum Gasteiger partial charge on any atom is -0.478 e. The van der Waals surface area contributed by atoms with Crippen molar-refractivity contribution in [1.82, 2.24) is 5.16 Å². The minimum absolute atomic E-state index is 0.0278. The summed E-state index contributed by atoms with van der Waals surface area (Å²) in [5.41, 5.74) is 2.33. The van der Waals surface area contributed by atoms with Crippen LogP contribution in [0.5, 0.6) is 0 Å². The van der Waals surface area contributed by atoms with Crippen LogP contribution in [0.2, 0.25) is 10.0 Å². The van der Waals surface area contributed by atoms with E-state index in [1.807, 2.05) is 6.07 Å². The van der Waals surface area contributed by atoms with Gasteiger partial charge in [-0.3, -0.25) is 0 Å². The number of aromatic nitrogens is 1. The molecule has 35 heavy (non-hydrogen) atoms. The van der Waals surface area contributed by atoms with Crippen LogP contribution in [-0.2, 0) is 11.3 Å². The van der Waals surface area contributed by atoms with Gasteiger partial charge in [-0.15, -0.1) is 0 Å². The summed E-state index contributed by atoms with van der Waals surface area (Å²) in [7, 11) is 0. The van der Waals surface area contributed by atoms with E-state index < -0.39 is 11.8 Å². The van der Waals surface area contributed by atoms with Crippen LogP contribution in [0.15, 0.2) is 47.0 Å². The molecule has 0 bridgehead atoms. The fourth-order valence-electron chi connectivity index (χ4n) is 4.08. The normalized spacial score (nSPS) is 19.7. The Kier molecular flexibility index (Phi) is 8.44. The highest BCUT2D eigenvalue weighted by Crippen LogP contribution is 2.46. The number of rotatable bonds is 6. The summed E-state index contributed by atoms with van der Waals surface area (Å²) in [4.78, 5) is 10.2. The maximum Gasteiger partial charge on any atom is 0.335 e. The lowest BCUT2D eigenvalue weighted by Gasteiger charge is -2.25. The number of carboxylic acid groups (broad SMARTS) is 1. The van der Waals surface area contributed by atoms with Gasteiger partial charge in [0.2, 0.25) is 0 Å². The number of hydrogen-bond acceptors (Lipinski definition) is 5. The van der Waals surface area contributed by atoms with Crippen LogP contribution in [0.3, 0.4) is 0 Å². The van der Waals surface area contributed by atoms with Crippen LogP contribution in [0, 0.1) is 5.82 Å². The molecule has 0 amide bonds. The quantitative estimate of drug-likeness (QED) is 0.367. The Hall–Kier alpha value is -2.45. The molecule has 2 saturated carbocycles. The number of benzene rings is 2. The monoisotopic (exact) mass is 521 g/mol. The fourth-order valence-corrected chi connectivity index (χ4v) is 4.66. The maximum atomic E-state index is 12.3. The van der Waals surface area contributed by atoms with Crippen LogP contribution in [0.1, 0.15) is 66.1 Å². The van der Waals surface area contributed by atoms with Crippen LogP contribution in [0.4, 0.5) is 4.39 Å². The van der Waals surface area contributed by atoms with Gasteiger partial charge < -0.3 is 19.5 Å². The molecule has 3 aromatic rings. The fraction of sp³-hybridized carbons (Fsp3) is 0.385. The molecular weight excluding hydrogens is 496 g/mol. The summed E-state index contributed by atoms with van der Waals surface area (Å²) in [5.74, 6) is -0.310. The molecule has 2 N–H and O–H groups in total. The second-order valence-electron chi connectivity index (χ2n) is 8.80. The first-order valence-corrected chi connectivity index (χ1v) is 12.3. The van der Waals surface area contributed by atoms with Gasteiger partial charge in [0.15, 0.2) is 0 Å². The van der Waals surface area contributed by atoms with Crippen molar-refractivity contribution in [3.63, 3.8) is 0 Å². The Balaban J connectivity index is 0.000000243. The van der Waals surface area contributed by atoms with Crippen LogP contribution in [0.25, 0.3) is 11.3 Å². The number of nitrogens with zero attached hydrogens (tertiary/aromatic N) is 1. The van der Waals surface area contributed by atoms with Crippen molar-refractivity contribution >= 4 is 29.2 Å². The summed E-state index contributed by atoms with van der Waals surface area (Å²) in [6.45, 7) is 0.437. The zero-order chi connectivity index (χ0) is 24.9. The molecule has 1 heterocycles. The second-order valence-corrected chi connectivity index (χ2v) is 9.62. The third-order valence-electron chi connectivity index (χ3n) is 6.14. The van der Waals surface area contributed by atoms with Gasteiger partial charge in [0.1, 0.15) is 17.3 Å². The van der Waals surface area contributed by atoms with Crippen molar-refractivity contribution in [2.45, 2.75) is 63.3 Å². The van der Waals surface area contributed by atoms with Crippen LogP contribution in [-0.4, -0.2) is 33.5 Å². The van der Waals surface area contributed by atoms with E-state index in [1.165, 1.54) is 18.2 Å². The second kappa shape index (κ2) is 11.5. The topological polar surface area (TPSA) is 92.8 Å². The lowest BCUT2D eigenvalue weighted by atomic mass is 9.95. The molecule has 186 valence electrons. The summed E-state index contributed by atoms with van der Waals surface area (Å²) in [5, 5.41) is 23.4. The highest BCUT2D eigenvalue weighted by atomic mass is 35.5. The number of carboxylic acids is 1. The number of halogens is 3. The smallest absolute Gasteiger partial charge is 0.335 e. The van der Waals surface area contributed by atoms with Crippen molar-refractivity contribution in [1.29, 1.82) is 0 Å². The van der Waals surface area contributed by atoms with E-state index in [4.69, 9.17) is 37.6 Å². The average Bonchev–Trinajstić information content (AvgIpc) is 3.59. The third kappa shape index (κ3) is 6.61. The minimum atomic E-state index is -1.11. The zero-order valence-electron chi connectivity index (χ0n) is 18.9. The molecule has 2 fully saturated rings. The molecule has 2 aliphatic rings.